The van der Waals surface area contributed by atoms with Crippen LogP contribution >= 0.6 is 31.9 Å². The minimum Gasteiger partial charge on any atom is -0.493 e. The van der Waals surface area contributed by atoms with Gasteiger partial charge in [-0.2, -0.15) is 9.78 Å². The second-order valence-electron chi connectivity index (χ2n) is 6.77. The number of fused-ring (bicyclic) bond motifs is 1. The van der Waals surface area contributed by atoms with Crippen molar-refractivity contribution in [2.45, 2.75) is 39.7 Å². The zero-order chi connectivity index (χ0) is 21.8. The number of hydrogen-bond acceptors (Lipinski definition) is 5. The lowest BCUT2D eigenvalue weighted by atomic mass is 10.2. The van der Waals surface area contributed by atoms with Gasteiger partial charge in [0.2, 0.25) is 0 Å². The summed E-state index contributed by atoms with van der Waals surface area (Å²) in [5, 5.41) is 4.95. The van der Waals surface area contributed by atoms with Gasteiger partial charge in [0.25, 0.3) is 5.56 Å². The van der Waals surface area contributed by atoms with Crippen molar-refractivity contribution in [2.75, 3.05) is 7.11 Å². The zero-order valence-electron chi connectivity index (χ0n) is 17.3. The fourth-order valence-electron chi connectivity index (χ4n) is 2.86. The van der Waals surface area contributed by atoms with E-state index in [2.05, 4.69) is 48.9 Å². The molecule has 0 N–H and O–H groups in total. The summed E-state index contributed by atoms with van der Waals surface area (Å²) in [6.45, 7) is 6.01. The van der Waals surface area contributed by atoms with Crippen LogP contribution in [-0.2, 0) is 6.42 Å². The molecule has 0 aliphatic rings. The number of methoxy groups -OCH3 is 1. The molecule has 0 unspecified atom stereocenters. The molecule has 0 bridgehead atoms. The van der Waals surface area contributed by atoms with Crippen molar-refractivity contribution in [3.05, 3.63) is 61.0 Å². The van der Waals surface area contributed by atoms with Crippen LogP contribution < -0.4 is 15.0 Å². The average Bonchev–Trinajstić information content (AvgIpc) is 2.74. The van der Waals surface area contributed by atoms with E-state index in [4.69, 9.17) is 9.47 Å². The summed E-state index contributed by atoms with van der Waals surface area (Å²) in [7, 11) is 1.60. The van der Waals surface area contributed by atoms with Crippen molar-refractivity contribution in [1.82, 2.24) is 9.66 Å². The molecule has 0 spiro atoms. The van der Waals surface area contributed by atoms with E-state index in [0.29, 0.717) is 34.6 Å². The molecule has 1 heterocycles. The number of aryl methyl sites for hydroxylation is 1. The third-order valence-electron chi connectivity index (χ3n) is 4.69. The van der Waals surface area contributed by atoms with Crippen LogP contribution in [0.3, 0.4) is 0 Å². The minimum absolute atomic E-state index is 0.0685. The van der Waals surface area contributed by atoms with Crippen molar-refractivity contribution < 1.29 is 9.47 Å². The lowest BCUT2D eigenvalue weighted by Gasteiger charge is -2.16. The number of hydrogen-bond donors (Lipinski definition) is 0. The fraction of sp³-hybridized carbons (Fsp3) is 0.318. The van der Waals surface area contributed by atoms with Gasteiger partial charge in [0.1, 0.15) is 5.82 Å². The number of ether oxygens (including phenoxy) is 2. The fourth-order valence-corrected chi connectivity index (χ4v) is 3.65. The Balaban J connectivity index is 2.06. The smallest absolute Gasteiger partial charge is 0.282 e. The molecule has 0 radical (unpaired) electrons. The van der Waals surface area contributed by atoms with E-state index in [0.717, 1.165) is 20.9 Å². The molecule has 158 valence electrons. The molecule has 3 aromatic rings. The highest BCUT2D eigenvalue weighted by Crippen LogP contribution is 2.34. The first-order valence-corrected chi connectivity index (χ1v) is 11.3. The number of halogens is 2. The summed E-state index contributed by atoms with van der Waals surface area (Å²) in [6.07, 6.45) is 3.15. The van der Waals surface area contributed by atoms with E-state index in [1.165, 1.54) is 4.68 Å². The molecule has 1 atom stereocenters. The predicted molar refractivity (Wildman–Crippen MR) is 127 cm³/mol. The average molecular weight is 537 g/mol. The van der Waals surface area contributed by atoms with Gasteiger partial charge < -0.3 is 9.47 Å². The molecule has 1 aromatic heterocycles. The van der Waals surface area contributed by atoms with Gasteiger partial charge in [0, 0.05) is 20.9 Å². The van der Waals surface area contributed by atoms with Crippen LogP contribution in [0.15, 0.2) is 49.2 Å². The van der Waals surface area contributed by atoms with Crippen LogP contribution in [0.4, 0.5) is 0 Å². The maximum atomic E-state index is 13.0. The monoisotopic (exact) mass is 535 g/mol. The molecule has 0 amide bonds. The molecular formula is C22H23Br2N3O3. The zero-order valence-corrected chi connectivity index (χ0v) is 20.4. The van der Waals surface area contributed by atoms with Crippen LogP contribution in [-0.4, -0.2) is 29.1 Å². The van der Waals surface area contributed by atoms with Gasteiger partial charge in [0.05, 0.1) is 30.3 Å². The summed E-state index contributed by atoms with van der Waals surface area (Å²) in [6, 6.07) is 9.13. The predicted octanol–water partition coefficient (Wildman–Crippen LogP) is 5.55. The van der Waals surface area contributed by atoms with E-state index >= 15 is 0 Å². The van der Waals surface area contributed by atoms with E-state index in [1.54, 1.807) is 19.4 Å². The maximum absolute atomic E-state index is 13.0. The van der Waals surface area contributed by atoms with Crippen molar-refractivity contribution in [1.29, 1.82) is 0 Å². The molecule has 0 saturated heterocycles. The standard InChI is InChI=1S/C22H23Br2N3O3/c1-5-13(3)30-20-11-17(24)14(9-19(20)29-4)12-25-27-21(6-2)26-18-8-7-15(23)10-16(18)22(27)28/h7-13H,5-6H2,1-4H3/t13-/m1/s1. The number of rotatable bonds is 7. The van der Waals surface area contributed by atoms with Crippen LogP contribution in [0.1, 0.15) is 38.6 Å². The topological polar surface area (TPSA) is 65.7 Å². The Morgan fingerprint density at radius 2 is 1.97 bits per heavy atom. The Hall–Kier alpha value is -2.19. The van der Waals surface area contributed by atoms with Crippen molar-refractivity contribution in [3.8, 4) is 11.5 Å². The highest BCUT2D eigenvalue weighted by molar-refractivity contribution is 9.10. The molecular weight excluding hydrogens is 514 g/mol. The van der Waals surface area contributed by atoms with E-state index in [9.17, 15) is 4.79 Å². The Kier molecular flexibility index (Phi) is 7.31. The lowest BCUT2D eigenvalue weighted by molar-refractivity contribution is 0.207. The summed E-state index contributed by atoms with van der Waals surface area (Å²) < 4.78 is 14.4. The molecule has 0 aliphatic carbocycles. The highest BCUT2D eigenvalue weighted by Gasteiger charge is 2.13. The third kappa shape index (κ3) is 4.75. The van der Waals surface area contributed by atoms with Gasteiger partial charge in [0.15, 0.2) is 11.5 Å². The van der Waals surface area contributed by atoms with Gasteiger partial charge in [-0.3, -0.25) is 4.79 Å². The second kappa shape index (κ2) is 9.75. The van der Waals surface area contributed by atoms with Crippen molar-refractivity contribution >= 4 is 49.0 Å². The second-order valence-corrected chi connectivity index (χ2v) is 8.54. The first-order chi connectivity index (χ1) is 14.4. The summed E-state index contributed by atoms with van der Waals surface area (Å²) in [5.74, 6) is 1.84. The Labute approximate surface area is 192 Å². The Bertz CT molecular complexity index is 1160. The molecule has 2 aromatic carbocycles. The van der Waals surface area contributed by atoms with Crippen LogP contribution in [0.25, 0.3) is 10.9 Å². The SMILES string of the molecule is CCc1nc2ccc(Br)cc2c(=O)n1N=Cc1cc(OC)c(O[C@H](C)CC)cc1Br. The third-order valence-corrected chi connectivity index (χ3v) is 5.87. The number of benzene rings is 2. The summed E-state index contributed by atoms with van der Waals surface area (Å²) >= 11 is 6.97. The Morgan fingerprint density at radius 3 is 2.63 bits per heavy atom. The van der Waals surface area contributed by atoms with E-state index < -0.39 is 0 Å². The molecule has 6 nitrogen and oxygen atoms in total. The molecule has 0 saturated carbocycles. The normalized spacial score (nSPS) is 12.5. The van der Waals surface area contributed by atoms with Crippen molar-refractivity contribution in [2.24, 2.45) is 5.10 Å². The van der Waals surface area contributed by atoms with Gasteiger partial charge >= 0.3 is 0 Å². The first kappa shape index (κ1) is 22.5. The van der Waals surface area contributed by atoms with Gasteiger partial charge in [-0.1, -0.05) is 29.8 Å². The van der Waals surface area contributed by atoms with E-state index in [-0.39, 0.29) is 11.7 Å². The van der Waals surface area contributed by atoms with Crippen LogP contribution in [0.2, 0.25) is 0 Å². The molecule has 0 fully saturated rings. The minimum atomic E-state index is -0.214. The van der Waals surface area contributed by atoms with E-state index in [1.807, 2.05) is 38.1 Å². The van der Waals surface area contributed by atoms with Gasteiger partial charge in [-0.05, 0) is 59.6 Å². The lowest BCUT2D eigenvalue weighted by Crippen LogP contribution is -2.22. The first-order valence-electron chi connectivity index (χ1n) is 9.67. The van der Waals surface area contributed by atoms with Crippen LogP contribution in [0, 0.1) is 0 Å². The maximum Gasteiger partial charge on any atom is 0.282 e. The van der Waals surface area contributed by atoms with Crippen molar-refractivity contribution in [3.63, 3.8) is 0 Å². The molecule has 30 heavy (non-hydrogen) atoms. The van der Waals surface area contributed by atoms with Gasteiger partial charge in [-0.25, -0.2) is 4.98 Å². The molecule has 8 heteroatoms. The largest absolute Gasteiger partial charge is 0.493 e. The Morgan fingerprint density at radius 1 is 1.20 bits per heavy atom. The molecule has 0 aliphatic heterocycles. The quantitative estimate of drug-likeness (QED) is 0.371. The highest BCUT2D eigenvalue weighted by atomic mass is 79.9. The number of nitrogens with zero attached hydrogens (tertiary/aromatic N) is 3. The molecule has 3 rings (SSSR count). The van der Waals surface area contributed by atoms with Gasteiger partial charge in [-0.15, -0.1) is 0 Å². The summed E-state index contributed by atoms with van der Waals surface area (Å²) in [5.41, 5.74) is 1.20. The van der Waals surface area contributed by atoms with Crippen LogP contribution in [0.5, 0.6) is 11.5 Å². The number of aromatic nitrogens is 2. The summed E-state index contributed by atoms with van der Waals surface area (Å²) in [4.78, 5) is 17.6.